The van der Waals surface area contributed by atoms with Crippen LogP contribution in [0.25, 0.3) is 0 Å². The molecule has 0 spiro atoms. The summed E-state index contributed by atoms with van der Waals surface area (Å²) >= 11 is 38.7. The average molecular weight is 870 g/mol. The summed E-state index contributed by atoms with van der Waals surface area (Å²) in [5.74, 6) is 0. The van der Waals surface area contributed by atoms with Crippen molar-refractivity contribution >= 4 is 117 Å². The number of rotatable bonds is 13. The fourth-order valence-electron chi connectivity index (χ4n) is 7.58. The molecule has 6 aromatic carbocycles. The molecule has 0 saturated carbocycles. The third-order valence-electron chi connectivity index (χ3n) is 9.90. The first kappa shape index (κ1) is 41.1. The SMILES string of the molecule is CC(C)(C[Si](c1ccc(Cl)cc1)(c1ccc(Cl)cc1)c1ccc(Cl)cc1)OOC(C)(C)C[Si](c1ccc(Cl)cc1)(c1ccc(Cl)cc1)c1ccc(Cl)cc1. The molecule has 0 saturated heterocycles. The highest BCUT2D eigenvalue weighted by molar-refractivity contribution is 7.12. The molecule has 6 aromatic rings. The molecule has 0 aliphatic carbocycles. The Morgan fingerprint density at radius 1 is 0.315 bits per heavy atom. The van der Waals surface area contributed by atoms with Gasteiger partial charge in [-0.05, 0) is 144 Å². The second kappa shape index (κ2) is 16.9. The van der Waals surface area contributed by atoms with Crippen molar-refractivity contribution in [2.75, 3.05) is 0 Å². The van der Waals surface area contributed by atoms with Crippen LogP contribution < -0.4 is 31.1 Å². The average Bonchev–Trinajstić information content (AvgIpc) is 3.14. The standard InChI is InChI=1S/C44H40Cl6O2Si2/c1-43(2,29-53(37-17-5-31(45)6-18-37,38-19-7-32(46)8-20-38)39-21-9-33(47)10-22-39)51-52-44(3,4)30-54(40-23-11-34(48)12-24-40,41-25-13-35(49)14-26-41)42-27-15-36(50)16-28-42/h5-28H,29-30H2,1-4H3. The van der Waals surface area contributed by atoms with Crippen LogP contribution in [0.2, 0.25) is 42.2 Å². The topological polar surface area (TPSA) is 18.5 Å². The van der Waals surface area contributed by atoms with Crippen molar-refractivity contribution in [2.24, 2.45) is 0 Å². The molecule has 6 rings (SSSR count). The summed E-state index contributed by atoms with van der Waals surface area (Å²) in [7, 11) is -5.71. The number of hydrogen-bond donors (Lipinski definition) is 0. The zero-order valence-electron chi connectivity index (χ0n) is 30.4. The van der Waals surface area contributed by atoms with Gasteiger partial charge in [0.05, 0.1) is 11.2 Å². The van der Waals surface area contributed by atoms with Crippen LogP contribution in [0.5, 0.6) is 0 Å². The summed E-state index contributed by atoms with van der Waals surface area (Å²) < 4.78 is 0. The van der Waals surface area contributed by atoms with Crippen molar-refractivity contribution < 1.29 is 9.78 Å². The van der Waals surface area contributed by atoms with Gasteiger partial charge in [0.2, 0.25) is 0 Å². The fraction of sp³-hybridized carbons (Fsp3) is 0.182. The molecule has 0 aliphatic rings. The molecule has 0 amide bonds. The quantitative estimate of drug-likeness (QED) is 0.0498. The van der Waals surface area contributed by atoms with E-state index in [4.69, 9.17) is 79.4 Å². The predicted molar refractivity (Wildman–Crippen MR) is 238 cm³/mol. The molecule has 2 nitrogen and oxygen atoms in total. The second-order valence-corrected chi connectivity index (χ2v) is 25.3. The lowest BCUT2D eigenvalue weighted by atomic mass is 10.2. The molecule has 0 radical (unpaired) electrons. The number of benzene rings is 6. The molecular formula is C44H40Cl6O2Si2. The van der Waals surface area contributed by atoms with Gasteiger partial charge in [-0.1, -0.05) is 142 Å². The van der Waals surface area contributed by atoms with Crippen molar-refractivity contribution in [3.8, 4) is 0 Å². The lowest BCUT2D eigenvalue weighted by Crippen LogP contribution is -2.70. The maximum absolute atomic E-state index is 6.71. The number of hydrogen-bond acceptors (Lipinski definition) is 2. The van der Waals surface area contributed by atoms with Crippen LogP contribution in [-0.2, 0) is 9.78 Å². The normalized spacial score (nSPS) is 12.6. The van der Waals surface area contributed by atoms with E-state index in [1.165, 1.54) is 31.1 Å². The Bertz CT molecular complexity index is 1780. The van der Waals surface area contributed by atoms with E-state index in [0.717, 1.165) is 0 Å². The fourth-order valence-corrected chi connectivity index (χ4v) is 18.6. The molecular weight excluding hydrogens is 829 g/mol. The number of halogens is 6. The molecule has 0 atom stereocenters. The predicted octanol–water partition coefficient (Wildman–Crippen LogP) is 10.8. The van der Waals surface area contributed by atoms with Crippen LogP contribution in [-0.4, -0.2) is 27.3 Å². The molecule has 0 heterocycles. The summed E-state index contributed by atoms with van der Waals surface area (Å²) in [5.41, 5.74) is -1.54. The summed E-state index contributed by atoms with van der Waals surface area (Å²) in [4.78, 5) is 13.4. The van der Waals surface area contributed by atoms with Gasteiger partial charge in [0, 0.05) is 30.1 Å². The Hall–Kier alpha value is -2.59. The highest BCUT2D eigenvalue weighted by Gasteiger charge is 2.48. The van der Waals surface area contributed by atoms with E-state index in [1.54, 1.807) is 0 Å². The smallest absolute Gasteiger partial charge is 0.151 e. The van der Waals surface area contributed by atoms with Gasteiger partial charge >= 0.3 is 0 Å². The third kappa shape index (κ3) is 9.17. The summed E-state index contributed by atoms with van der Waals surface area (Å²) in [6.07, 6.45) is 0. The van der Waals surface area contributed by atoms with E-state index in [1.807, 2.05) is 72.8 Å². The molecule has 0 N–H and O–H groups in total. The van der Waals surface area contributed by atoms with Gasteiger partial charge in [0.25, 0.3) is 0 Å². The van der Waals surface area contributed by atoms with Crippen LogP contribution >= 0.6 is 69.6 Å². The first-order valence-corrected chi connectivity index (χ1v) is 24.2. The van der Waals surface area contributed by atoms with Crippen LogP contribution in [0.15, 0.2) is 146 Å². The van der Waals surface area contributed by atoms with Crippen molar-refractivity contribution in [3.63, 3.8) is 0 Å². The lowest BCUT2D eigenvalue weighted by Gasteiger charge is -2.42. The molecule has 0 aromatic heterocycles. The Labute approximate surface area is 350 Å². The van der Waals surface area contributed by atoms with Crippen molar-refractivity contribution in [1.29, 1.82) is 0 Å². The third-order valence-corrected chi connectivity index (χ3v) is 22.1. The van der Waals surface area contributed by atoms with Crippen LogP contribution in [0.3, 0.4) is 0 Å². The first-order valence-electron chi connectivity index (χ1n) is 17.6. The van der Waals surface area contributed by atoms with Gasteiger partial charge in [-0.15, -0.1) is 0 Å². The van der Waals surface area contributed by atoms with E-state index >= 15 is 0 Å². The molecule has 54 heavy (non-hydrogen) atoms. The van der Waals surface area contributed by atoms with E-state index < -0.39 is 27.3 Å². The maximum atomic E-state index is 6.71. The van der Waals surface area contributed by atoms with Crippen molar-refractivity contribution in [2.45, 2.75) is 51.0 Å². The van der Waals surface area contributed by atoms with E-state index in [2.05, 4.69) is 100 Å². The Kier molecular flexibility index (Phi) is 12.8. The molecule has 0 fully saturated rings. The minimum atomic E-state index is -2.86. The summed E-state index contributed by atoms with van der Waals surface area (Å²) in [6.45, 7) is 8.37. The van der Waals surface area contributed by atoms with E-state index in [0.29, 0.717) is 42.2 Å². The first-order chi connectivity index (χ1) is 25.6. The Morgan fingerprint density at radius 3 is 0.611 bits per heavy atom. The largest absolute Gasteiger partial charge is 0.230 e. The minimum Gasteiger partial charge on any atom is -0.230 e. The molecule has 0 aliphatic heterocycles. The van der Waals surface area contributed by atoms with Gasteiger partial charge in [0.1, 0.15) is 0 Å². The monoisotopic (exact) mass is 866 g/mol. The molecule has 10 heteroatoms. The van der Waals surface area contributed by atoms with Crippen LogP contribution in [0, 0.1) is 0 Å². The minimum absolute atomic E-state index is 0.634. The molecule has 278 valence electrons. The Balaban J connectivity index is 1.42. The zero-order valence-corrected chi connectivity index (χ0v) is 36.9. The van der Waals surface area contributed by atoms with Gasteiger partial charge in [-0.3, -0.25) is 0 Å². The van der Waals surface area contributed by atoms with Crippen molar-refractivity contribution in [1.82, 2.24) is 0 Å². The summed E-state index contributed by atoms with van der Waals surface area (Å²) in [6, 6.07) is 50.2. The van der Waals surface area contributed by atoms with Crippen molar-refractivity contribution in [3.05, 3.63) is 176 Å². The lowest BCUT2D eigenvalue weighted by molar-refractivity contribution is -0.393. The van der Waals surface area contributed by atoms with Crippen LogP contribution in [0.1, 0.15) is 27.7 Å². The Morgan fingerprint density at radius 2 is 0.463 bits per heavy atom. The summed E-state index contributed by atoms with van der Waals surface area (Å²) in [5, 5.41) is 11.1. The van der Waals surface area contributed by atoms with Crippen LogP contribution in [0.4, 0.5) is 0 Å². The zero-order chi connectivity index (χ0) is 38.7. The molecule has 0 unspecified atom stereocenters. The van der Waals surface area contributed by atoms with Gasteiger partial charge in [0.15, 0.2) is 16.1 Å². The maximum Gasteiger partial charge on any atom is 0.151 e. The van der Waals surface area contributed by atoms with Gasteiger partial charge < -0.3 is 0 Å². The second-order valence-electron chi connectivity index (χ2n) is 14.9. The van der Waals surface area contributed by atoms with Gasteiger partial charge in [-0.25, -0.2) is 9.78 Å². The van der Waals surface area contributed by atoms with Gasteiger partial charge in [-0.2, -0.15) is 0 Å². The van der Waals surface area contributed by atoms with E-state index in [9.17, 15) is 0 Å². The highest BCUT2D eigenvalue weighted by atomic mass is 35.5. The van der Waals surface area contributed by atoms with E-state index in [-0.39, 0.29) is 0 Å². The highest BCUT2D eigenvalue weighted by Crippen LogP contribution is 2.32. The molecule has 0 bridgehead atoms.